The Balaban J connectivity index is 2.72. The van der Waals surface area contributed by atoms with Crippen LogP contribution in [0, 0.1) is 0 Å². The first-order valence-corrected chi connectivity index (χ1v) is 5.55. The average Bonchev–Trinajstić information content (AvgIpc) is 2.26. The van der Waals surface area contributed by atoms with Crippen molar-refractivity contribution >= 4 is 23.5 Å². The number of hydrogen-bond donors (Lipinski definition) is 3. The normalized spacial score (nSPS) is 11.7. The lowest BCUT2D eigenvalue weighted by Gasteiger charge is -2.13. The fourth-order valence-electron chi connectivity index (χ4n) is 1.32. The van der Waals surface area contributed by atoms with E-state index >= 15 is 0 Å². The lowest BCUT2D eigenvalue weighted by molar-refractivity contribution is -0.121. The maximum absolute atomic E-state index is 11.2. The molecule has 0 radical (unpaired) electrons. The van der Waals surface area contributed by atoms with Crippen LogP contribution in [0.3, 0.4) is 0 Å². The second kappa shape index (κ2) is 6.23. The summed E-state index contributed by atoms with van der Waals surface area (Å²) in [4.78, 5) is 21.6. The average molecular weight is 272 g/mol. The van der Waals surface area contributed by atoms with Crippen LogP contribution in [0.4, 0.5) is 4.79 Å². The summed E-state index contributed by atoms with van der Waals surface area (Å²) in [6, 6.07) is 3.67. The highest BCUT2D eigenvalue weighted by Gasteiger charge is 2.11. The molecule has 0 aromatic heterocycles. The van der Waals surface area contributed by atoms with E-state index in [-0.39, 0.29) is 12.6 Å². The second-order valence-electron chi connectivity index (χ2n) is 3.67. The van der Waals surface area contributed by atoms with Crippen molar-refractivity contribution in [2.24, 2.45) is 11.5 Å². The van der Waals surface area contributed by atoms with Crippen LogP contribution < -0.4 is 21.5 Å². The molecule has 0 aliphatic rings. The standard InChI is InChI=1S/C11H14ClN3O3/c1-6(13)8-4-7(12)2-3-9(8)18-5-10(16)15-11(14)17/h2-4,6H,5,13H2,1H3,(H3,14,15,16,17). The van der Waals surface area contributed by atoms with Gasteiger partial charge in [-0.25, -0.2) is 4.79 Å². The van der Waals surface area contributed by atoms with Crippen molar-refractivity contribution in [2.75, 3.05) is 6.61 Å². The smallest absolute Gasteiger partial charge is 0.318 e. The number of ether oxygens (including phenoxy) is 1. The van der Waals surface area contributed by atoms with Crippen LogP contribution in [0.15, 0.2) is 18.2 Å². The van der Waals surface area contributed by atoms with Gasteiger partial charge < -0.3 is 16.2 Å². The molecular weight excluding hydrogens is 258 g/mol. The lowest BCUT2D eigenvalue weighted by atomic mass is 10.1. The topological polar surface area (TPSA) is 107 Å². The van der Waals surface area contributed by atoms with E-state index < -0.39 is 11.9 Å². The summed E-state index contributed by atoms with van der Waals surface area (Å²) in [5, 5.41) is 2.41. The highest BCUT2D eigenvalue weighted by Crippen LogP contribution is 2.27. The van der Waals surface area contributed by atoms with E-state index in [0.29, 0.717) is 16.3 Å². The van der Waals surface area contributed by atoms with Crippen molar-refractivity contribution in [3.05, 3.63) is 28.8 Å². The van der Waals surface area contributed by atoms with E-state index in [4.69, 9.17) is 27.8 Å². The summed E-state index contributed by atoms with van der Waals surface area (Å²) in [6.45, 7) is 1.44. The van der Waals surface area contributed by atoms with Gasteiger partial charge in [-0.15, -0.1) is 0 Å². The molecule has 98 valence electrons. The Bertz CT molecular complexity index is 463. The minimum absolute atomic E-state index is 0.294. The third-order valence-corrected chi connectivity index (χ3v) is 2.32. The Morgan fingerprint density at radius 1 is 1.50 bits per heavy atom. The molecule has 0 spiro atoms. The van der Waals surface area contributed by atoms with E-state index in [1.165, 1.54) is 0 Å². The van der Waals surface area contributed by atoms with Crippen LogP contribution in [0.2, 0.25) is 5.02 Å². The van der Waals surface area contributed by atoms with Crippen molar-refractivity contribution in [1.29, 1.82) is 0 Å². The van der Waals surface area contributed by atoms with E-state index in [0.717, 1.165) is 0 Å². The molecule has 6 nitrogen and oxygen atoms in total. The third-order valence-electron chi connectivity index (χ3n) is 2.08. The minimum Gasteiger partial charge on any atom is -0.483 e. The summed E-state index contributed by atoms with van der Waals surface area (Å²) in [5.41, 5.74) is 11.2. The predicted molar refractivity (Wildman–Crippen MR) is 67.3 cm³/mol. The van der Waals surface area contributed by atoms with Crippen LogP contribution in [0.25, 0.3) is 0 Å². The number of nitrogens with two attached hydrogens (primary N) is 2. The molecule has 0 saturated heterocycles. The molecular formula is C11H14ClN3O3. The van der Waals surface area contributed by atoms with Crippen LogP contribution >= 0.6 is 11.6 Å². The molecule has 1 aromatic rings. The van der Waals surface area contributed by atoms with Gasteiger partial charge in [0, 0.05) is 16.6 Å². The SMILES string of the molecule is CC(N)c1cc(Cl)ccc1OCC(=O)NC(N)=O. The third kappa shape index (κ3) is 4.23. The molecule has 0 aliphatic carbocycles. The molecule has 5 N–H and O–H groups in total. The van der Waals surface area contributed by atoms with Crippen LogP contribution in [0.5, 0.6) is 5.75 Å². The summed E-state index contributed by atoms with van der Waals surface area (Å²) >= 11 is 5.84. The molecule has 3 amide bonds. The van der Waals surface area contributed by atoms with Gasteiger partial charge in [-0.3, -0.25) is 10.1 Å². The van der Waals surface area contributed by atoms with Gasteiger partial charge in [0.15, 0.2) is 6.61 Å². The predicted octanol–water partition coefficient (Wildman–Crippen LogP) is 0.933. The zero-order chi connectivity index (χ0) is 13.7. The molecule has 0 aliphatic heterocycles. The van der Waals surface area contributed by atoms with Crippen molar-refractivity contribution in [2.45, 2.75) is 13.0 Å². The number of hydrogen-bond acceptors (Lipinski definition) is 4. The quantitative estimate of drug-likeness (QED) is 0.757. The first-order valence-electron chi connectivity index (χ1n) is 5.17. The van der Waals surface area contributed by atoms with Gasteiger partial charge in [0.05, 0.1) is 0 Å². The lowest BCUT2D eigenvalue weighted by Crippen LogP contribution is -2.38. The van der Waals surface area contributed by atoms with Crippen molar-refractivity contribution in [3.8, 4) is 5.75 Å². The number of rotatable bonds is 4. The number of halogens is 1. The minimum atomic E-state index is -0.924. The molecule has 0 bridgehead atoms. The van der Waals surface area contributed by atoms with Gasteiger partial charge in [0.2, 0.25) is 0 Å². The monoisotopic (exact) mass is 271 g/mol. The number of benzene rings is 1. The van der Waals surface area contributed by atoms with Crippen molar-refractivity contribution in [1.82, 2.24) is 5.32 Å². The molecule has 0 saturated carbocycles. The van der Waals surface area contributed by atoms with Gasteiger partial charge in [0.25, 0.3) is 5.91 Å². The van der Waals surface area contributed by atoms with Crippen LogP contribution in [0.1, 0.15) is 18.5 Å². The Morgan fingerprint density at radius 2 is 2.17 bits per heavy atom. The molecule has 1 unspecified atom stereocenters. The first kappa shape index (κ1) is 14.3. The number of amides is 3. The molecule has 7 heteroatoms. The zero-order valence-corrected chi connectivity index (χ0v) is 10.5. The fraction of sp³-hybridized carbons (Fsp3) is 0.273. The summed E-state index contributed by atoms with van der Waals surface area (Å²) in [7, 11) is 0. The summed E-state index contributed by atoms with van der Waals surface area (Å²) in [5.74, 6) is -0.193. The highest BCUT2D eigenvalue weighted by atomic mass is 35.5. The second-order valence-corrected chi connectivity index (χ2v) is 4.11. The molecule has 0 fully saturated rings. The van der Waals surface area contributed by atoms with Gasteiger partial charge in [-0.1, -0.05) is 11.6 Å². The molecule has 18 heavy (non-hydrogen) atoms. The van der Waals surface area contributed by atoms with Crippen molar-refractivity contribution < 1.29 is 14.3 Å². The maximum Gasteiger partial charge on any atom is 0.318 e. The van der Waals surface area contributed by atoms with E-state index in [1.807, 2.05) is 5.32 Å². The van der Waals surface area contributed by atoms with Gasteiger partial charge in [-0.05, 0) is 25.1 Å². The Labute approximate surface area is 109 Å². The van der Waals surface area contributed by atoms with Crippen LogP contribution in [-0.2, 0) is 4.79 Å². The molecule has 0 heterocycles. The molecule has 1 aromatic carbocycles. The number of urea groups is 1. The number of carbonyl (C=O) groups is 2. The summed E-state index contributed by atoms with van der Waals surface area (Å²) < 4.78 is 5.26. The Kier molecular flexibility index (Phi) is 4.94. The number of imide groups is 1. The number of carbonyl (C=O) groups excluding carboxylic acids is 2. The van der Waals surface area contributed by atoms with E-state index in [9.17, 15) is 9.59 Å². The maximum atomic E-state index is 11.2. The number of nitrogens with one attached hydrogen (secondary N) is 1. The molecule has 1 atom stereocenters. The van der Waals surface area contributed by atoms with Crippen LogP contribution in [-0.4, -0.2) is 18.5 Å². The van der Waals surface area contributed by atoms with Gasteiger partial charge in [0.1, 0.15) is 5.75 Å². The Morgan fingerprint density at radius 3 is 2.72 bits per heavy atom. The van der Waals surface area contributed by atoms with Gasteiger partial charge >= 0.3 is 6.03 Å². The van der Waals surface area contributed by atoms with E-state index in [2.05, 4.69) is 0 Å². The highest BCUT2D eigenvalue weighted by molar-refractivity contribution is 6.30. The largest absolute Gasteiger partial charge is 0.483 e. The van der Waals surface area contributed by atoms with Gasteiger partial charge in [-0.2, -0.15) is 0 Å². The first-order chi connectivity index (χ1) is 8.40. The van der Waals surface area contributed by atoms with E-state index in [1.54, 1.807) is 25.1 Å². The van der Waals surface area contributed by atoms with Crippen molar-refractivity contribution in [3.63, 3.8) is 0 Å². The summed E-state index contributed by atoms with van der Waals surface area (Å²) in [6.07, 6.45) is 0. The molecule has 1 rings (SSSR count). The fourth-order valence-corrected chi connectivity index (χ4v) is 1.50. The number of primary amides is 1. The zero-order valence-electron chi connectivity index (χ0n) is 9.77. The Hall–Kier alpha value is -1.79.